The highest BCUT2D eigenvalue weighted by Crippen LogP contribution is 2.32. The maximum atomic E-state index is 6.40. The molecule has 1 aromatic heterocycles. The number of aromatic nitrogens is 1. The maximum Gasteiger partial charge on any atom is 0.0720 e. The summed E-state index contributed by atoms with van der Waals surface area (Å²) in [7, 11) is 0. The van der Waals surface area contributed by atoms with Crippen LogP contribution in [0.4, 0.5) is 0 Å². The van der Waals surface area contributed by atoms with Gasteiger partial charge in [0.25, 0.3) is 0 Å². The number of pyridine rings is 1. The Bertz CT molecular complexity index is 503. The van der Waals surface area contributed by atoms with Gasteiger partial charge in [0, 0.05) is 11.1 Å². The summed E-state index contributed by atoms with van der Waals surface area (Å²) in [5, 5.41) is 1.90. The van der Waals surface area contributed by atoms with Crippen molar-refractivity contribution in [1.82, 2.24) is 4.98 Å². The third kappa shape index (κ3) is 1.72. The van der Waals surface area contributed by atoms with Crippen molar-refractivity contribution in [2.24, 2.45) is 0 Å². The summed E-state index contributed by atoms with van der Waals surface area (Å²) in [6.07, 6.45) is 0. The van der Waals surface area contributed by atoms with Crippen molar-refractivity contribution >= 4 is 22.5 Å². The molecular formula is C13H14ClN. The van der Waals surface area contributed by atoms with Gasteiger partial charge in [-0.2, -0.15) is 0 Å². The van der Waals surface area contributed by atoms with E-state index in [2.05, 4.69) is 18.8 Å². The predicted octanol–water partition coefficient (Wildman–Crippen LogP) is 4.32. The van der Waals surface area contributed by atoms with E-state index >= 15 is 0 Å². The van der Waals surface area contributed by atoms with E-state index in [-0.39, 0.29) is 0 Å². The Morgan fingerprint density at radius 2 is 1.87 bits per heavy atom. The van der Waals surface area contributed by atoms with Gasteiger partial charge in [0.1, 0.15) is 0 Å². The molecule has 1 nitrogen and oxygen atoms in total. The van der Waals surface area contributed by atoms with Crippen molar-refractivity contribution in [2.45, 2.75) is 26.7 Å². The molecule has 0 aliphatic rings. The van der Waals surface area contributed by atoms with E-state index in [0.29, 0.717) is 5.92 Å². The SMILES string of the molecule is Cc1nc2ccccc2c(Cl)c1C(C)C. The van der Waals surface area contributed by atoms with Gasteiger partial charge < -0.3 is 0 Å². The highest BCUT2D eigenvalue weighted by molar-refractivity contribution is 6.36. The molecule has 0 N–H and O–H groups in total. The second-order valence-corrected chi connectivity index (χ2v) is 4.47. The fourth-order valence-electron chi connectivity index (χ4n) is 1.97. The van der Waals surface area contributed by atoms with E-state index in [4.69, 9.17) is 11.6 Å². The summed E-state index contributed by atoms with van der Waals surface area (Å²) in [6.45, 7) is 6.31. The Balaban J connectivity index is 2.84. The summed E-state index contributed by atoms with van der Waals surface area (Å²) >= 11 is 6.40. The molecule has 0 saturated carbocycles. The molecule has 2 rings (SSSR count). The van der Waals surface area contributed by atoms with E-state index in [9.17, 15) is 0 Å². The van der Waals surface area contributed by atoms with Crippen molar-refractivity contribution in [1.29, 1.82) is 0 Å². The molecule has 1 aromatic carbocycles. The molecule has 0 spiro atoms. The van der Waals surface area contributed by atoms with Crippen molar-refractivity contribution < 1.29 is 0 Å². The smallest absolute Gasteiger partial charge is 0.0720 e. The van der Waals surface area contributed by atoms with Crippen LogP contribution in [0.25, 0.3) is 10.9 Å². The van der Waals surface area contributed by atoms with Gasteiger partial charge in [-0.15, -0.1) is 0 Å². The zero-order valence-electron chi connectivity index (χ0n) is 9.21. The molecule has 15 heavy (non-hydrogen) atoms. The average Bonchev–Trinajstić information content (AvgIpc) is 2.17. The fraction of sp³-hybridized carbons (Fsp3) is 0.308. The number of rotatable bonds is 1. The molecule has 0 aliphatic carbocycles. The molecule has 0 aliphatic heterocycles. The van der Waals surface area contributed by atoms with Gasteiger partial charge in [-0.3, -0.25) is 4.98 Å². The lowest BCUT2D eigenvalue weighted by Gasteiger charge is -2.13. The van der Waals surface area contributed by atoms with Gasteiger partial charge >= 0.3 is 0 Å². The maximum absolute atomic E-state index is 6.40. The van der Waals surface area contributed by atoms with E-state index in [1.807, 2.05) is 31.2 Å². The number of hydrogen-bond donors (Lipinski definition) is 0. The monoisotopic (exact) mass is 219 g/mol. The van der Waals surface area contributed by atoms with Crippen LogP contribution in [-0.2, 0) is 0 Å². The lowest BCUT2D eigenvalue weighted by Crippen LogP contribution is -1.97. The molecule has 2 aromatic rings. The predicted molar refractivity (Wildman–Crippen MR) is 65.6 cm³/mol. The van der Waals surface area contributed by atoms with E-state index < -0.39 is 0 Å². The molecule has 78 valence electrons. The molecule has 0 amide bonds. The molecule has 0 atom stereocenters. The van der Waals surface area contributed by atoms with Crippen LogP contribution in [0.5, 0.6) is 0 Å². The number of fused-ring (bicyclic) bond motifs is 1. The topological polar surface area (TPSA) is 12.9 Å². The zero-order valence-corrected chi connectivity index (χ0v) is 9.97. The van der Waals surface area contributed by atoms with Gasteiger partial charge in [0.15, 0.2) is 0 Å². The van der Waals surface area contributed by atoms with Gasteiger partial charge in [-0.1, -0.05) is 43.6 Å². The fourth-order valence-corrected chi connectivity index (χ4v) is 2.49. The van der Waals surface area contributed by atoms with Crippen LogP contribution >= 0.6 is 11.6 Å². The van der Waals surface area contributed by atoms with Gasteiger partial charge in [-0.25, -0.2) is 0 Å². The normalized spacial score (nSPS) is 11.3. The van der Waals surface area contributed by atoms with E-state index in [1.165, 1.54) is 0 Å². The quantitative estimate of drug-likeness (QED) is 0.696. The molecule has 1 heterocycles. The van der Waals surface area contributed by atoms with Crippen molar-refractivity contribution in [3.8, 4) is 0 Å². The minimum atomic E-state index is 0.412. The highest BCUT2D eigenvalue weighted by Gasteiger charge is 2.12. The summed E-state index contributed by atoms with van der Waals surface area (Å²) < 4.78 is 0. The molecule has 0 saturated heterocycles. The Hall–Kier alpha value is -1.08. The molecule has 2 heteroatoms. The molecule has 0 radical (unpaired) electrons. The van der Waals surface area contributed by atoms with Crippen LogP contribution in [-0.4, -0.2) is 4.98 Å². The summed E-state index contributed by atoms with van der Waals surface area (Å²) in [6, 6.07) is 8.00. The molecule has 0 unspecified atom stereocenters. The first kappa shape index (κ1) is 10.4. The van der Waals surface area contributed by atoms with E-state index in [1.54, 1.807) is 0 Å². The number of benzene rings is 1. The van der Waals surface area contributed by atoms with Gasteiger partial charge in [0.05, 0.1) is 10.5 Å². The van der Waals surface area contributed by atoms with Gasteiger partial charge in [-0.05, 0) is 24.5 Å². The average molecular weight is 220 g/mol. The minimum absolute atomic E-state index is 0.412. The minimum Gasteiger partial charge on any atom is -0.253 e. The van der Waals surface area contributed by atoms with Crippen LogP contribution in [0.3, 0.4) is 0 Å². The second-order valence-electron chi connectivity index (χ2n) is 4.10. The second kappa shape index (κ2) is 3.82. The summed E-state index contributed by atoms with van der Waals surface area (Å²) in [4.78, 5) is 4.57. The number of halogens is 1. The van der Waals surface area contributed by atoms with Crippen LogP contribution in [0, 0.1) is 6.92 Å². The van der Waals surface area contributed by atoms with Crippen LogP contribution in [0.1, 0.15) is 31.0 Å². The standard InChI is InChI=1S/C13H14ClN/c1-8(2)12-9(3)15-11-7-5-4-6-10(11)13(12)14/h4-8H,1-3H3. The number of para-hydroxylation sites is 1. The van der Waals surface area contributed by atoms with Crippen LogP contribution < -0.4 is 0 Å². The first-order valence-electron chi connectivity index (χ1n) is 5.16. The summed E-state index contributed by atoms with van der Waals surface area (Å²) in [5.74, 6) is 0.412. The van der Waals surface area contributed by atoms with Crippen LogP contribution in [0.2, 0.25) is 5.02 Å². The van der Waals surface area contributed by atoms with Crippen LogP contribution in [0.15, 0.2) is 24.3 Å². The largest absolute Gasteiger partial charge is 0.253 e. The molecular weight excluding hydrogens is 206 g/mol. The first-order chi connectivity index (χ1) is 7.11. The number of nitrogens with zero attached hydrogens (tertiary/aromatic N) is 1. The lowest BCUT2D eigenvalue weighted by molar-refractivity contribution is 0.848. The zero-order chi connectivity index (χ0) is 11.0. The number of aryl methyl sites for hydroxylation is 1. The highest BCUT2D eigenvalue weighted by atomic mass is 35.5. The van der Waals surface area contributed by atoms with Crippen molar-refractivity contribution in [3.63, 3.8) is 0 Å². The molecule has 0 bridgehead atoms. The Morgan fingerprint density at radius 1 is 1.20 bits per heavy atom. The third-order valence-corrected chi connectivity index (χ3v) is 3.04. The first-order valence-corrected chi connectivity index (χ1v) is 5.53. The summed E-state index contributed by atoms with van der Waals surface area (Å²) in [5.41, 5.74) is 3.17. The van der Waals surface area contributed by atoms with E-state index in [0.717, 1.165) is 27.2 Å². The Labute approximate surface area is 95.1 Å². The number of hydrogen-bond acceptors (Lipinski definition) is 1. The van der Waals surface area contributed by atoms with Crippen molar-refractivity contribution in [3.05, 3.63) is 40.5 Å². The van der Waals surface area contributed by atoms with Gasteiger partial charge in [0.2, 0.25) is 0 Å². The van der Waals surface area contributed by atoms with Crippen molar-refractivity contribution in [2.75, 3.05) is 0 Å². The Morgan fingerprint density at radius 3 is 2.53 bits per heavy atom. The Kier molecular flexibility index (Phi) is 2.66. The third-order valence-electron chi connectivity index (χ3n) is 2.63. The lowest BCUT2D eigenvalue weighted by atomic mass is 9.99. The molecule has 0 fully saturated rings.